The number of rotatable bonds is 8. The molecule has 2 aromatic rings. The molecule has 0 bridgehead atoms. The number of benzene rings is 2. The third-order valence-electron chi connectivity index (χ3n) is 3.91. The van der Waals surface area contributed by atoms with Crippen molar-refractivity contribution in [3.05, 3.63) is 59.7 Å². The van der Waals surface area contributed by atoms with Crippen molar-refractivity contribution in [3.63, 3.8) is 0 Å². The third-order valence-corrected chi connectivity index (χ3v) is 5.58. The number of amides is 2. The summed E-state index contributed by atoms with van der Waals surface area (Å²) in [5, 5.41) is 5.44. The Balaban J connectivity index is 2.20. The van der Waals surface area contributed by atoms with E-state index in [0.717, 1.165) is 6.42 Å². The highest BCUT2D eigenvalue weighted by atomic mass is 32.2. The second kappa shape index (κ2) is 9.45. The van der Waals surface area contributed by atoms with Crippen LogP contribution in [0.2, 0.25) is 0 Å². The van der Waals surface area contributed by atoms with E-state index in [9.17, 15) is 18.0 Å². The van der Waals surface area contributed by atoms with Crippen LogP contribution in [0, 0.1) is 0 Å². The first kappa shape index (κ1) is 21.5. The Bertz CT molecular complexity index is 960. The lowest BCUT2D eigenvalue weighted by Gasteiger charge is -2.14. The van der Waals surface area contributed by atoms with Gasteiger partial charge in [0.25, 0.3) is 21.8 Å². The van der Waals surface area contributed by atoms with E-state index in [1.807, 2.05) is 6.92 Å². The number of nitrogens with one attached hydrogen (secondary N) is 2. The van der Waals surface area contributed by atoms with Crippen LogP contribution in [0.25, 0.3) is 0 Å². The lowest BCUT2D eigenvalue weighted by Crippen LogP contribution is -2.26. The summed E-state index contributed by atoms with van der Waals surface area (Å²) in [6.45, 7) is 2.52. The van der Waals surface area contributed by atoms with Crippen molar-refractivity contribution in [3.8, 4) is 0 Å². The highest BCUT2D eigenvalue weighted by Gasteiger charge is 2.22. The average Bonchev–Trinajstić information content (AvgIpc) is 2.71. The molecule has 9 heteroatoms. The molecule has 0 atom stereocenters. The lowest BCUT2D eigenvalue weighted by atomic mass is 10.1. The van der Waals surface area contributed by atoms with E-state index < -0.39 is 15.9 Å². The summed E-state index contributed by atoms with van der Waals surface area (Å²) in [6, 6.07) is 12.1. The van der Waals surface area contributed by atoms with E-state index in [-0.39, 0.29) is 16.4 Å². The summed E-state index contributed by atoms with van der Waals surface area (Å²) in [5.41, 5.74) is 1.01. The van der Waals surface area contributed by atoms with Gasteiger partial charge in [-0.2, -0.15) is 0 Å². The number of anilines is 1. The molecule has 0 aliphatic rings. The number of nitrogens with zero attached hydrogens (tertiary/aromatic N) is 1. The van der Waals surface area contributed by atoms with Gasteiger partial charge in [0.15, 0.2) is 0 Å². The van der Waals surface area contributed by atoms with Crippen molar-refractivity contribution < 1.29 is 22.8 Å². The van der Waals surface area contributed by atoms with Crippen LogP contribution in [0.4, 0.5) is 5.69 Å². The molecular weight excluding hydrogens is 382 g/mol. The molecule has 0 aromatic heterocycles. The minimum absolute atomic E-state index is 0.0720. The zero-order valence-corrected chi connectivity index (χ0v) is 16.7. The van der Waals surface area contributed by atoms with E-state index in [0.29, 0.717) is 22.3 Å². The first-order valence-corrected chi connectivity index (χ1v) is 10.1. The van der Waals surface area contributed by atoms with Gasteiger partial charge in [0.2, 0.25) is 0 Å². The summed E-state index contributed by atoms with van der Waals surface area (Å²) in [4.78, 5) is 29.3. The molecule has 2 aromatic carbocycles. The molecule has 0 aliphatic heterocycles. The topological polar surface area (TPSA) is 105 Å². The third kappa shape index (κ3) is 5.16. The van der Waals surface area contributed by atoms with Gasteiger partial charge in [-0.1, -0.05) is 23.5 Å². The number of hydrogen-bond acceptors (Lipinski definition) is 5. The van der Waals surface area contributed by atoms with Gasteiger partial charge < -0.3 is 10.6 Å². The molecule has 0 radical (unpaired) electrons. The summed E-state index contributed by atoms with van der Waals surface area (Å²) >= 11 is 0. The minimum Gasteiger partial charge on any atom is -0.352 e. The lowest BCUT2D eigenvalue weighted by molar-refractivity contribution is -0.0258. The van der Waals surface area contributed by atoms with E-state index in [2.05, 4.69) is 10.6 Å². The fourth-order valence-corrected chi connectivity index (χ4v) is 3.35. The Hall–Kier alpha value is -2.75. The van der Waals surface area contributed by atoms with Crippen LogP contribution in [-0.2, 0) is 14.9 Å². The van der Waals surface area contributed by atoms with Crippen molar-refractivity contribution in [2.24, 2.45) is 0 Å². The fourth-order valence-electron chi connectivity index (χ4n) is 2.33. The molecule has 0 saturated heterocycles. The van der Waals surface area contributed by atoms with Crippen LogP contribution < -0.4 is 10.6 Å². The first-order chi connectivity index (χ1) is 13.3. The van der Waals surface area contributed by atoms with Gasteiger partial charge in [-0.15, -0.1) is 0 Å². The van der Waals surface area contributed by atoms with E-state index in [1.165, 1.54) is 38.4 Å². The second-order valence-corrected chi connectivity index (χ2v) is 7.85. The Morgan fingerprint density at radius 1 is 1.04 bits per heavy atom. The van der Waals surface area contributed by atoms with Gasteiger partial charge in [-0.3, -0.25) is 14.4 Å². The molecule has 0 aliphatic carbocycles. The number of carbonyl (C=O) groups is 2. The number of hydroxylamine groups is 1. The number of carbonyl (C=O) groups excluding carboxylic acids is 2. The van der Waals surface area contributed by atoms with Crippen LogP contribution in [0.3, 0.4) is 0 Å². The maximum atomic E-state index is 12.5. The molecule has 0 unspecified atom stereocenters. The highest BCUT2D eigenvalue weighted by molar-refractivity contribution is 7.89. The van der Waals surface area contributed by atoms with Gasteiger partial charge in [0.1, 0.15) is 0 Å². The molecule has 8 nitrogen and oxygen atoms in total. The molecular formula is C19H23N3O5S. The standard InChI is InChI=1S/C19H23N3O5S/c1-4-11-20-18(23)14-7-5-9-16(12-14)21-19(24)15-8-6-10-17(13-15)28(25,26)22(2)27-3/h5-10,12-13H,4,11H2,1-3H3,(H,20,23)(H,21,24). The highest BCUT2D eigenvalue weighted by Crippen LogP contribution is 2.18. The van der Waals surface area contributed by atoms with Gasteiger partial charge >= 0.3 is 0 Å². The molecule has 0 fully saturated rings. The van der Waals surface area contributed by atoms with Crippen molar-refractivity contribution in [1.82, 2.24) is 9.79 Å². The molecule has 0 saturated carbocycles. The average molecular weight is 405 g/mol. The molecule has 150 valence electrons. The molecule has 2 N–H and O–H groups in total. The Morgan fingerprint density at radius 2 is 1.68 bits per heavy atom. The van der Waals surface area contributed by atoms with Crippen LogP contribution >= 0.6 is 0 Å². The van der Waals surface area contributed by atoms with Crippen molar-refractivity contribution >= 4 is 27.5 Å². The monoisotopic (exact) mass is 405 g/mol. The van der Waals surface area contributed by atoms with Crippen LogP contribution in [0.1, 0.15) is 34.1 Å². The Labute approximate surface area is 164 Å². The summed E-state index contributed by atoms with van der Waals surface area (Å²) in [6.07, 6.45) is 0.819. The van der Waals surface area contributed by atoms with Gasteiger partial charge in [0.05, 0.1) is 12.0 Å². The molecule has 2 rings (SSSR count). The maximum absolute atomic E-state index is 12.5. The van der Waals surface area contributed by atoms with Gasteiger partial charge in [-0.05, 0) is 42.8 Å². The second-order valence-electron chi connectivity index (χ2n) is 5.92. The zero-order valence-electron chi connectivity index (χ0n) is 15.9. The zero-order chi connectivity index (χ0) is 20.7. The predicted octanol–water partition coefficient (Wildman–Crippen LogP) is 2.26. The number of sulfonamides is 1. The smallest absolute Gasteiger partial charge is 0.264 e. The summed E-state index contributed by atoms with van der Waals surface area (Å²) in [5.74, 6) is -0.725. The van der Waals surface area contributed by atoms with Crippen molar-refractivity contribution in [2.45, 2.75) is 18.2 Å². The molecule has 2 amide bonds. The van der Waals surface area contributed by atoms with E-state index >= 15 is 0 Å². The van der Waals surface area contributed by atoms with Crippen molar-refractivity contribution in [1.29, 1.82) is 0 Å². The summed E-state index contributed by atoms with van der Waals surface area (Å²) in [7, 11) is -1.37. The molecule has 0 heterocycles. The van der Waals surface area contributed by atoms with Gasteiger partial charge in [-0.25, -0.2) is 8.42 Å². The maximum Gasteiger partial charge on any atom is 0.264 e. The normalized spacial score (nSPS) is 11.3. The first-order valence-electron chi connectivity index (χ1n) is 8.62. The molecule has 0 spiro atoms. The number of hydrogen-bond donors (Lipinski definition) is 2. The van der Waals surface area contributed by atoms with Crippen molar-refractivity contribution in [2.75, 3.05) is 26.0 Å². The largest absolute Gasteiger partial charge is 0.352 e. The van der Waals surface area contributed by atoms with Crippen LogP contribution in [0.15, 0.2) is 53.4 Å². The fraction of sp³-hybridized carbons (Fsp3) is 0.263. The van der Waals surface area contributed by atoms with E-state index in [1.54, 1.807) is 24.3 Å². The Morgan fingerprint density at radius 3 is 2.32 bits per heavy atom. The Kier molecular flexibility index (Phi) is 7.27. The minimum atomic E-state index is -3.87. The SMILES string of the molecule is CCCNC(=O)c1cccc(NC(=O)c2cccc(S(=O)(=O)N(C)OC)c2)c1. The molecule has 28 heavy (non-hydrogen) atoms. The predicted molar refractivity (Wildman–Crippen MR) is 105 cm³/mol. The van der Waals surface area contributed by atoms with E-state index in [4.69, 9.17) is 4.84 Å². The van der Waals surface area contributed by atoms with Crippen LogP contribution in [-0.4, -0.2) is 45.4 Å². The summed E-state index contributed by atoms with van der Waals surface area (Å²) < 4.78 is 25.4. The van der Waals surface area contributed by atoms with Gasteiger partial charge in [0, 0.05) is 30.4 Å². The quantitative estimate of drug-likeness (QED) is 0.656. The van der Waals surface area contributed by atoms with Crippen LogP contribution in [0.5, 0.6) is 0 Å².